The number of allylic oxidation sites excluding steroid dienone is 1. The van der Waals surface area contributed by atoms with Gasteiger partial charge >= 0.3 is 6.03 Å². The van der Waals surface area contributed by atoms with E-state index in [0.717, 1.165) is 10.2 Å². The Morgan fingerprint density at radius 1 is 1.55 bits per heavy atom. The van der Waals surface area contributed by atoms with Crippen molar-refractivity contribution in [1.82, 2.24) is 15.1 Å². The zero-order valence-corrected chi connectivity index (χ0v) is 13.2. The highest BCUT2D eigenvalue weighted by atomic mass is 35.5. The van der Waals surface area contributed by atoms with E-state index in [-0.39, 0.29) is 5.91 Å². The van der Waals surface area contributed by atoms with Crippen molar-refractivity contribution in [2.75, 3.05) is 19.3 Å². The highest BCUT2D eigenvalue weighted by Crippen LogP contribution is 2.28. The summed E-state index contributed by atoms with van der Waals surface area (Å²) in [6, 6.07) is -0.843. The monoisotopic (exact) mass is 316 g/mol. The molecule has 0 bridgehead atoms. The van der Waals surface area contributed by atoms with Crippen LogP contribution in [0, 0.1) is 0 Å². The molecule has 110 valence electrons. The molecule has 0 aliphatic carbocycles. The number of thioether (sulfide) groups is 1. The number of hydrogen-bond acceptors (Lipinski definition) is 5. The Morgan fingerprint density at radius 3 is 2.85 bits per heavy atom. The number of nitrogens with one attached hydrogen (secondary N) is 1. The molecule has 2 atom stereocenters. The highest BCUT2D eigenvalue weighted by Gasteiger charge is 2.47. The lowest BCUT2D eigenvalue weighted by Crippen LogP contribution is -2.63. The molecule has 20 heavy (non-hydrogen) atoms. The van der Waals surface area contributed by atoms with Crippen molar-refractivity contribution in [1.29, 1.82) is 0 Å². The fourth-order valence-corrected chi connectivity index (χ4v) is 3.43. The first-order chi connectivity index (χ1) is 9.45. The van der Waals surface area contributed by atoms with Gasteiger partial charge in [-0.1, -0.05) is 29.4 Å². The first-order valence-electron chi connectivity index (χ1n) is 6.32. The van der Waals surface area contributed by atoms with Crippen molar-refractivity contribution in [2.24, 2.45) is 4.99 Å². The Morgan fingerprint density at radius 2 is 2.25 bits per heavy atom. The van der Waals surface area contributed by atoms with Gasteiger partial charge in [0.25, 0.3) is 5.91 Å². The lowest BCUT2D eigenvalue weighted by atomic mass is 10.1. The third-order valence-corrected chi connectivity index (χ3v) is 4.33. The molecule has 0 aromatic rings. The van der Waals surface area contributed by atoms with Gasteiger partial charge in [0, 0.05) is 24.4 Å². The molecule has 2 unspecified atom stereocenters. The molecule has 0 saturated carbocycles. The van der Waals surface area contributed by atoms with Crippen molar-refractivity contribution in [3.05, 3.63) is 11.1 Å². The maximum Gasteiger partial charge on any atom is 0.325 e. The molecule has 2 heterocycles. The van der Waals surface area contributed by atoms with E-state index in [1.54, 1.807) is 7.05 Å². The Labute approximate surface area is 127 Å². The summed E-state index contributed by atoms with van der Waals surface area (Å²) in [6.07, 6.45) is 1.44. The van der Waals surface area contributed by atoms with Gasteiger partial charge in [0.1, 0.15) is 0 Å². The van der Waals surface area contributed by atoms with Crippen LogP contribution in [0.1, 0.15) is 13.8 Å². The van der Waals surface area contributed by atoms with E-state index in [2.05, 4.69) is 10.3 Å². The zero-order valence-electron chi connectivity index (χ0n) is 11.6. The van der Waals surface area contributed by atoms with Gasteiger partial charge < -0.3 is 9.80 Å². The number of carbonyl (C=O) groups is 2. The molecule has 8 heteroatoms. The number of halogens is 1. The predicted molar refractivity (Wildman–Crippen MR) is 80.8 cm³/mol. The lowest BCUT2D eigenvalue weighted by Gasteiger charge is -2.35. The average Bonchev–Trinajstić information content (AvgIpc) is 2.75. The molecule has 2 rings (SSSR count). The van der Waals surface area contributed by atoms with Crippen LogP contribution in [0.3, 0.4) is 0 Å². The maximum absolute atomic E-state index is 12.0. The third kappa shape index (κ3) is 2.78. The van der Waals surface area contributed by atoms with Gasteiger partial charge in [-0.05, 0) is 13.8 Å². The minimum atomic E-state index is -0.445. The van der Waals surface area contributed by atoms with Gasteiger partial charge in [-0.15, -0.1) is 0 Å². The molecule has 2 aliphatic rings. The van der Waals surface area contributed by atoms with Crippen molar-refractivity contribution >= 4 is 40.5 Å². The summed E-state index contributed by atoms with van der Waals surface area (Å²) in [5.74, 6) is 0.395. The molecule has 0 spiro atoms. The van der Waals surface area contributed by atoms with Crippen molar-refractivity contribution < 1.29 is 9.59 Å². The van der Waals surface area contributed by atoms with E-state index < -0.39 is 18.2 Å². The van der Waals surface area contributed by atoms with Crippen LogP contribution in [-0.4, -0.2) is 58.5 Å². The topological polar surface area (TPSA) is 65.0 Å². The van der Waals surface area contributed by atoms with Gasteiger partial charge in [-0.2, -0.15) is 0 Å². The number of carbonyl (C=O) groups excluding carboxylic acids is 2. The number of hydrogen-bond donors (Lipinski definition) is 1. The minimum Gasteiger partial charge on any atom is -0.336 e. The van der Waals surface area contributed by atoms with Crippen molar-refractivity contribution in [2.45, 2.75) is 26.1 Å². The number of likely N-dealkylation sites (N-methyl/N-ethyl adjacent to an activating group) is 2. The SMILES string of the molecule is CCN1C(SC/C=C(\C)Cl)=NC2C1C(=O)NC(=O)N2C. The maximum atomic E-state index is 12.0. The molecule has 1 fully saturated rings. The second-order valence-electron chi connectivity index (χ2n) is 4.56. The molecule has 3 amide bonds. The van der Waals surface area contributed by atoms with Gasteiger partial charge in [0.15, 0.2) is 17.4 Å². The van der Waals surface area contributed by atoms with E-state index in [9.17, 15) is 9.59 Å². The van der Waals surface area contributed by atoms with Crippen LogP contribution < -0.4 is 5.32 Å². The second kappa shape index (κ2) is 6.05. The molecule has 0 aromatic carbocycles. The summed E-state index contributed by atoms with van der Waals surface area (Å²) >= 11 is 7.31. The van der Waals surface area contributed by atoms with E-state index in [4.69, 9.17) is 11.6 Å². The lowest BCUT2D eigenvalue weighted by molar-refractivity contribution is -0.127. The molecule has 0 radical (unpaired) electrons. The van der Waals surface area contributed by atoms with Gasteiger partial charge in [-0.25, -0.2) is 9.79 Å². The van der Waals surface area contributed by atoms with Crippen LogP contribution >= 0.6 is 23.4 Å². The Bertz CT molecular complexity index is 490. The Balaban J connectivity index is 2.18. The molecular weight excluding hydrogens is 300 g/mol. The summed E-state index contributed by atoms with van der Waals surface area (Å²) < 4.78 is 0. The van der Waals surface area contributed by atoms with Crippen LogP contribution in [0.25, 0.3) is 0 Å². The molecule has 6 nitrogen and oxygen atoms in total. The van der Waals surface area contributed by atoms with Gasteiger partial charge in [0.2, 0.25) is 0 Å². The Kier molecular flexibility index (Phi) is 4.59. The van der Waals surface area contributed by atoms with Crippen LogP contribution in [-0.2, 0) is 4.79 Å². The van der Waals surface area contributed by atoms with Crippen LogP contribution in [0.5, 0.6) is 0 Å². The smallest absolute Gasteiger partial charge is 0.325 e. The first-order valence-corrected chi connectivity index (χ1v) is 7.69. The van der Waals surface area contributed by atoms with E-state index in [0.29, 0.717) is 12.3 Å². The number of fused-ring (bicyclic) bond motifs is 1. The number of amidine groups is 1. The van der Waals surface area contributed by atoms with Gasteiger partial charge in [-0.3, -0.25) is 10.1 Å². The highest BCUT2D eigenvalue weighted by molar-refractivity contribution is 8.13. The Hall–Kier alpha value is -1.21. The normalized spacial score (nSPS) is 26.6. The number of urea groups is 1. The third-order valence-electron chi connectivity index (χ3n) is 3.24. The summed E-state index contributed by atoms with van der Waals surface area (Å²) in [6.45, 7) is 4.44. The number of imide groups is 1. The number of amides is 3. The predicted octanol–water partition coefficient (Wildman–Crippen LogP) is 1.43. The summed E-state index contributed by atoms with van der Waals surface area (Å²) in [4.78, 5) is 31.5. The number of aliphatic imine (C=N–C) groups is 1. The summed E-state index contributed by atoms with van der Waals surface area (Å²) in [5, 5.41) is 3.85. The molecule has 0 aromatic heterocycles. The van der Waals surface area contributed by atoms with Crippen molar-refractivity contribution in [3.8, 4) is 0 Å². The molecule has 1 saturated heterocycles. The van der Waals surface area contributed by atoms with Gasteiger partial charge in [0.05, 0.1) is 0 Å². The zero-order chi connectivity index (χ0) is 14.9. The molecule has 2 aliphatic heterocycles. The largest absolute Gasteiger partial charge is 0.336 e. The first kappa shape index (κ1) is 15.2. The van der Waals surface area contributed by atoms with E-state index in [1.165, 1.54) is 16.7 Å². The summed E-state index contributed by atoms with van der Waals surface area (Å²) in [5.41, 5.74) is 0. The van der Waals surface area contributed by atoms with Crippen LogP contribution in [0.15, 0.2) is 16.1 Å². The van der Waals surface area contributed by atoms with E-state index >= 15 is 0 Å². The molecule has 1 N–H and O–H groups in total. The molecular formula is C12H17ClN4O2S. The minimum absolute atomic E-state index is 0.289. The number of nitrogens with zero attached hydrogens (tertiary/aromatic N) is 3. The quantitative estimate of drug-likeness (QED) is 0.855. The summed E-state index contributed by atoms with van der Waals surface area (Å²) in [7, 11) is 1.65. The second-order valence-corrected chi connectivity index (χ2v) is 6.15. The van der Waals surface area contributed by atoms with Crippen LogP contribution in [0.4, 0.5) is 4.79 Å². The fraction of sp³-hybridized carbons (Fsp3) is 0.583. The number of rotatable bonds is 3. The average molecular weight is 317 g/mol. The fourth-order valence-electron chi connectivity index (χ4n) is 2.18. The standard InChI is InChI=1S/C12H17ClN4O2S/c1-4-17-8-9(16(3)11(19)15-10(8)18)14-12(17)20-6-5-7(2)13/h5,8-9H,4,6H2,1-3H3,(H,15,18,19)/b7-5+. The van der Waals surface area contributed by atoms with Crippen LogP contribution in [0.2, 0.25) is 0 Å². The van der Waals surface area contributed by atoms with E-state index in [1.807, 2.05) is 24.8 Å². The van der Waals surface area contributed by atoms with Crippen molar-refractivity contribution in [3.63, 3.8) is 0 Å².